The average Bonchev–Trinajstić information content (AvgIpc) is 2.03. The van der Waals surface area contributed by atoms with Gasteiger partial charge in [-0.25, -0.2) is 9.10 Å². The van der Waals surface area contributed by atoms with E-state index in [0.717, 1.165) is 4.31 Å². The predicted molar refractivity (Wildman–Crippen MR) is 52.5 cm³/mol. The van der Waals surface area contributed by atoms with Crippen molar-refractivity contribution in [3.63, 3.8) is 0 Å². The molecule has 0 bridgehead atoms. The molecule has 5 heteroatoms. The van der Waals surface area contributed by atoms with Crippen LogP contribution in [-0.4, -0.2) is 6.03 Å². The Balaban J connectivity index is 2.95. The van der Waals surface area contributed by atoms with Gasteiger partial charge in [-0.2, -0.15) is 0 Å². The van der Waals surface area contributed by atoms with E-state index < -0.39 is 6.03 Å². The zero-order valence-electron chi connectivity index (χ0n) is 6.07. The largest absolute Gasteiger partial charge is 0.350 e. The molecule has 2 N–H and O–H groups in total. The number of nitrogens with zero attached hydrogens (tertiary/aromatic N) is 1. The highest BCUT2D eigenvalue weighted by Gasteiger charge is 2.06. The van der Waals surface area contributed by atoms with Gasteiger partial charge in [0.15, 0.2) is 0 Å². The maximum Gasteiger partial charge on any atom is 0.329 e. The summed E-state index contributed by atoms with van der Waals surface area (Å²) in [6, 6.07) is 6.06. The Labute approximate surface area is 80.7 Å². The molecular formula is C7H7ClN2OS. The molecule has 1 aromatic rings. The third-order valence-electron chi connectivity index (χ3n) is 1.26. The first-order chi connectivity index (χ1) is 5.61. The fraction of sp³-hybridized carbons (Fsp3) is 0. The number of benzene rings is 1. The Kier molecular flexibility index (Phi) is 2.83. The summed E-state index contributed by atoms with van der Waals surface area (Å²) in [5, 5.41) is 0.535. The van der Waals surface area contributed by atoms with Crippen molar-refractivity contribution in [1.29, 1.82) is 0 Å². The second kappa shape index (κ2) is 3.69. The van der Waals surface area contributed by atoms with E-state index >= 15 is 0 Å². The van der Waals surface area contributed by atoms with Gasteiger partial charge in [-0.3, -0.25) is 0 Å². The number of urea groups is 1. The van der Waals surface area contributed by atoms with Crippen molar-refractivity contribution >= 4 is 36.1 Å². The number of anilines is 1. The number of carbonyl (C=O) groups is 1. The summed E-state index contributed by atoms with van der Waals surface area (Å²) in [4.78, 5) is 10.6. The Bertz CT molecular complexity index is 305. The quantitative estimate of drug-likeness (QED) is 0.673. The predicted octanol–water partition coefficient (Wildman–Crippen LogP) is 2.07. The molecule has 1 rings (SSSR count). The Hall–Kier alpha value is -0.870. The maximum atomic E-state index is 10.6. The molecule has 0 atom stereocenters. The molecule has 1 aromatic carbocycles. The second-order valence-electron chi connectivity index (χ2n) is 2.13. The van der Waals surface area contributed by atoms with Gasteiger partial charge in [0.05, 0.1) is 5.69 Å². The fourth-order valence-corrected chi connectivity index (χ4v) is 1.04. The molecule has 0 unspecified atom stereocenters. The lowest BCUT2D eigenvalue weighted by atomic mass is 10.3. The first-order valence-electron chi connectivity index (χ1n) is 3.15. The standard InChI is InChI=1S/C7H7ClN2OS/c8-5-2-1-3-6(4-5)10(12)7(9)11/h1-4,12H,(H2,9,11). The topological polar surface area (TPSA) is 46.3 Å². The number of hydrogen-bond donors (Lipinski definition) is 2. The smallest absolute Gasteiger partial charge is 0.329 e. The van der Waals surface area contributed by atoms with Gasteiger partial charge in [-0.1, -0.05) is 30.5 Å². The van der Waals surface area contributed by atoms with Gasteiger partial charge >= 0.3 is 6.03 Å². The highest BCUT2D eigenvalue weighted by atomic mass is 35.5. The molecule has 0 saturated heterocycles. The van der Waals surface area contributed by atoms with E-state index in [9.17, 15) is 4.79 Å². The summed E-state index contributed by atoms with van der Waals surface area (Å²) in [6.07, 6.45) is 0. The van der Waals surface area contributed by atoms with Crippen LogP contribution in [0.2, 0.25) is 5.02 Å². The third-order valence-corrected chi connectivity index (χ3v) is 1.92. The van der Waals surface area contributed by atoms with E-state index in [2.05, 4.69) is 12.8 Å². The second-order valence-corrected chi connectivity index (χ2v) is 2.97. The van der Waals surface area contributed by atoms with Crippen LogP contribution in [0.4, 0.5) is 10.5 Å². The van der Waals surface area contributed by atoms with Gasteiger partial charge in [0.25, 0.3) is 0 Å². The summed E-state index contributed by atoms with van der Waals surface area (Å²) < 4.78 is 1.02. The number of nitrogens with two attached hydrogens (primary N) is 1. The Morgan fingerprint density at radius 3 is 2.75 bits per heavy atom. The number of carbonyl (C=O) groups excluding carboxylic acids is 1. The van der Waals surface area contributed by atoms with Crippen molar-refractivity contribution in [3.8, 4) is 0 Å². The van der Waals surface area contributed by atoms with Crippen molar-refractivity contribution in [2.45, 2.75) is 0 Å². The van der Waals surface area contributed by atoms with Crippen LogP contribution in [0.5, 0.6) is 0 Å². The number of amides is 2. The van der Waals surface area contributed by atoms with Crippen LogP contribution in [0.15, 0.2) is 24.3 Å². The summed E-state index contributed by atoms with van der Waals surface area (Å²) >= 11 is 9.54. The summed E-state index contributed by atoms with van der Waals surface area (Å²) in [5.74, 6) is 0. The highest BCUT2D eigenvalue weighted by molar-refractivity contribution is 7.82. The average molecular weight is 203 g/mol. The van der Waals surface area contributed by atoms with E-state index in [1.54, 1.807) is 24.3 Å². The number of rotatable bonds is 1. The highest BCUT2D eigenvalue weighted by Crippen LogP contribution is 2.20. The first kappa shape index (κ1) is 9.22. The van der Waals surface area contributed by atoms with Gasteiger partial charge < -0.3 is 5.73 Å². The van der Waals surface area contributed by atoms with Crippen LogP contribution in [-0.2, 0) is 0 Å². The zero-order chi connectivity index (χ0) is 9.14. The summed E-state index contributed by atoms with van der Waals surface area (Å²) in [7, 11) is 0. The minimum atomic E-state index is -0.638. The molecule has 0 radical (unpaired) electrons. The van der Waals surface area contributed by atoms with E-state index in [1.807, 2.05) is 0 Å². The monoisotopic (exact) mass is 202 g/mol. The normalized spacial score (nSPS) is 9.50. The van der Waals surface area contributed by atoms with E-state index in [-0.39, 0.29) is 0 Å². The van der Waals surface area contributed by atoms with Gasteiger partial charge in [0.1, 0.15) is 0 Å². The number of primary amides is 1. The maximum absolute atomic E-state index is 10.6. The van der Waals surface area contributed by atoms with Crippen LogP contribution in [0.1, 0.15) is 0 Å². The lowest BCUT2D eigenvalue weighted by Gasteiger charge is -2.11. The molecule has 0 aliphatic heterocycles. The third kappa shape index (κ3) is 2.06. The number of thiol groups is 1. The molecule has 0 saturated carbocycles. The van der Waals surface area contributed by atoms with Crippen molar-refractivity contribution in [1.82, 2.24) is 0 Å². The van der Waals surface area contributed by atoms with Gasteiger partial charge in [0, 0.05) is 5.02 Å². The van der Waals surface area contributed by atoms with Crippen LogP contribution in [0.25, 0.3) is 0 Å². The van der Waals surface area contributed by atoms with Gasteiger partial charge in [0.2, 0.25) is 0 Å². The molecule has 0 fully saturated rings. The fourth-order valence-electron chi connectivity index (χ4n) is 0.735. The Morgan fingerprint density at radius 1 is 1.58 bits per heavy atom. The van der Waals surface area contributed by atoms with E-state index in [1.165, 1.54) is 0 Å². The van der Waals surface area contributed by atoms with Crippen molar-refractivity contribution < 1.29 is 4.79 Å². The Morgan fingerprint density at radius 2 is 2.25 bits per heavy atom. The van der Waals surface area contributed by atoms with Crippen molar-refractivity contribution in [2.75, 3.05) is 4.31 Å². The van der Waals surface area contributed by atoms with Gasteiger partial charge in [-0.15, -0.1) is 0 Å². The van der Waals surface area contributed by atoms with Crippen LogP contribution in [0, 0.1) is 0 Å². The van der Waals surface area contributed by atoms with Gasteiger partial charge in [-0.05, 0) is 18.2 Å². The number of halogens is 1. The van der Waals surface area contributed by atoms with Crippen LogP contribution >= 0.6 is 24.4 Å². The molecular weight excluding hydrogens is 196 g/mol. The minimum Gasteiger partial charge on any atom is -0.350 e. The van der Waals surface area contributed by atoms with Crippen molar-refractivity contribution in [2.24, 2.45) is 5.73 Å². The van der Waals surface area contributed by atoms with E-state index in [4.69, 9.17) is 17.3 Å². The first-order valence-corrected chi connectivity index (χ1v) is 3.93. The molecule has 0 aromatic heterocycles. The molecule has 0 spiro atoms. The van der Waals surface area contributed by atoms with Crippen LogP contribution in [0.3, 0.4) is 0 Å². The molecule has 2 amide bonds. The molecule has 0 aliphatic rings. The SMILES string of the molecule is NC(=O)N(S)c1cccc(Cl)c1. The lowest BCUT2D eigenvalue weighted by Crippen LogP contribution is -2.27. The summed E-state index contributed by atoms with van der Waals surface area (Å²) in [6.45, 7) is 0. The lowest BCUT2D eigenvalue weighted by molar-refractivity contribution is 0.257. The molecule has 3 nitrogen and oxygen atoms in total. The molecule has 12 heavy (non-hydrogen) atoms. The molecule has 64 valence electrons. The van der Waals surface area contributed by atoms with Crippen LogP contribution < -0.4 is 10.0 Å². The van der Waals surface area contributed by atoms with E-state index in [0.29, 0.717) is 10.7 Å². The number of hydrogen-bond acceptors (Lipinski definition) is 2. The zero-order valence-corrected chi connectivity index (χ0v) is 7.72. The van der Waals surface area contributed by atoms with Crippen molar-refractivity contribution in [3.05, 3.63) is 29.3 Å². The molecule has 0 aliphatic carbocycles. The summed E-state index contributed by atoms with van der Waals surface area (Å²) in [5.41, 5.74) is 5.54. The molecule has 0 heterocycles. The minimum absolute atomic E-state index is 0.535.